The molecule has 0 aromatic heterocycles. The zero-order chi connectivity index (χ0) is 13.1. The number of nitriles is 1. The van der Waals surface area contributed by atoms with Crippen LogP contribution in [0.25, 0.3) is 0 Å². The van der Waals surface area contributed by atoms with E-state index in [2.05, 4.69) is 11.8 Å². The minimum atomic E-state index is -0.294. The Bertz CT molecular complexity index is 467. The molecule has 1 aromatic rings. The average Bonchev–Trinajstić information content (AvgIpc) is 2.72. The standard InChI is InChI=1S/C14H18FN3/c1-10-4-12(7-17)8-18(10)9-13-3-2-11(6-16)5-14(13)15/h2-3,5,10,12H,4,7-9,17H2,1H3. The number of likely N-dealkylation sites (tertiary alicyclic amines) is 1. The van der Waals surface area contributed by atoms with Gasteiger partial charge in [-0.1, -0.05) is 6.07 Å². The second-order valence-electron chi connectivity index (χ2n) is 5.03. The van der Waals surface area contributed by atoms with E-state index in [0.29, 0.717) is 36.2 Å². The van der Waals surface area contributed by atoms with E-state index in [1.807, 2.05) is 6.07 Å². The van der Waals surface area contributed by atoms with Crippen molar-refractivity contribution < 1.29 is 4.39 Å². The third-order valence-electron chi connectivity index (χ3n) is 3.68. The molecule has 1 saturated heterocycles. The van der Waals surface area contributed by atoms with Crippen molar-refractivity contribution in [2.75, 3.05) is 13.1 Å². The third kappa shape index (κ3) is 2.69. The van der Waals surface area contributed by atoms with Crippen molar-refractivity contribution in [2.24, 2.45) is 11.7 Å². The average molecular weight is 247 g/mol. The maximum Gasteiger partial charge on any atom is 0.129 e. The molecule has 0 amide bonds. The van der Waals surface area contributed by atoms with Crippen molar-refractivity contribution in [2.45, 2.75) is 25.9 Å². The van der Waals surface area contributed by atoms with Gasteiger partial charge in [0.05, 0.1) is 11.6 Å². The number of nitrogens with zero attached hydrogens (tertiary/aromatic N) is 2. The molecule has 3 nitrogen and oxygen atoms in total. The zero-order valence-electron chi connectivity index (χ0n) is 10.6. The van der Waals surface area contributed by atoms with Crippen LogP contribution in [0, 0.1) is 23.1 Å². The molecule has 0 bridgehead atoms. The van der Waals surface area contributed by atoms with Gasteiger partial charge in [-0.3, -0.25) is 4.90 Å². The van der Waals surface area contributed by atoms with E-state index in [-0.39, 0.29) is 5.82 Å². The van der Waals surface area contributed by atoms with Crippen LogP contribution in [0.1, 0.15) is 24.5 Å². The highest BCUT2D eigenvalue weighted by Crippen LogP contribution is 2.25. The summed E-state index contributed by atoms with van der Waals surface area (Å²) in [5, 5.41) is 8.70. The first-order valence-electron chi connectivity index (χ1n) is 6.26. The SMILES string of the molecule is CC1CC(CN)CN1Cc1ccc(C#N)cc1F. The fourth-order valence-corrected chi connectivity index (χ4v) is 2.57. The quantitative estimate of drug-likeness (QED) is 0.887. The molecular weight excluding hydrogens is 229 g/mol. The number of hydrogen-bond acceptors (Lipinski definition) is 3. The lowest BCUT2D eigenvalue weighted by Crippen LogP contribution is -2.27. The summed E-state index contributed by atoms with van der Waals surface area (Å²) in [6.07, 6.45) is 1.08. The van der Waals surface area contributed by atoms with Crippen LogP contribution >= 0.6 is 0 Å². The molecule has 0 saturated carbocycles. The van der Waals surface area contributed by atoms with Crippen LogP contribution < -0.4 is 5.73 Å². The minimum Gasteiger partial charge on any atom is -0.330 e. The summed E-state index contributed by atoms with van der Waals surface area (Å²) in [5.74, 6) is 0.221. The number of hydrogen-bond donors (Lipinski definition) is 1. The summed E-state index contributed by atoms with van der Waals surface area (Å²) in [6.45, 7) is 4.36. The van der Waals surface area contributed by atoms with Gasteiger partial charge in [0.2, 0.25) is 0 Å². The summed E-state index contributed by atoms with van der Waals surface area (Å²) in [6, 6.07) is 7.06. The largest absolute Gasteiger partial charge is 0.330 e. The smallest absolute Gasteiger partial charge is 0.129 e. The number of rotatable bonds is 3. The molecule has 1 heterocycles. The summed E-state index contributed by atoms with van der Waals surface area (Å²) in [5.41, 5.74) is 6.70. The second-order valence-corrected chi connectivity index (χ2v) is 5.03. The second kappa shape index (κ2) is 5.47. The predicted molar refractivity (Wildman–Crippen MR) is 68.1 cm³/mol. The first-order chi connectivity index (χ1) is 8.63. The molecule has 0 aliphatic carbocycles. The minimum absolute atomic E-state index is 0.294. The normalized spacial score (nSPS) is 24.1. The van der Waals surface area contributed by atoms with Crippen molar-refractivity contribution >= 4 is 0 Å². The highest BCUT2D eigenvalue weighted by Gasteiger charge is 2.28. The van der Waals surface area contributed by atoms with Crippen LogP contribution in [0.3, 0.4) is 0 Å². The Hall–Kier alpha value is -1.44. The molecule has 1 aliphatic heterocycles. The molecule has 4 heteroatoms. The van der Waals surface area contributed by atoms with Crippen LogP contribution in [-0.4, -0.2) is 24.0 Å². The molecule has 1 fully saturated rings. The Balaban J connectivity index is 2.08. The molecular formula is C14H18FN3. The van der Waals surface area contributed by atoms with Gasteiger partial charge < -0.3 is 5.73 Å². The van der Waals surface area contributed by atoms with E-state index >= 15 is 0 Å². The van der Waals surface area contributed by atoms with Crippen LogP contribution in [0.4, 0.5) is 4.39 Å². The van der Waals surface area contributed by atoms with Crippen LogP contribution in [0.15, 0.2) is 18.2 Å². The van der Waals surface area contributed by atoms with Gasteiger partial charge in [-0.15, -0.1) is 0 Å². The Morgan fingerprint density at radius 3 is 2.89 bits per heavy atom. The van der Waals surface area contributed by atoms with E-state index in [1.165, 1.54) is 6.07 Å². The van der Waals surface area contributed by atoms with E-state index in [1.54, 1.807) is 12.1 Å². The monoisotopic (exact) mass is 247 g/mol. The molecule has 1 aliphatic rings. The van der Waals surface area contributed by atoms with E-state index in [9.17, 15) is 4.39 Å². The number of nitrogens with two attached hydrogens (primary N) is 1. The molecule has 18 heavy (non-hydrogen) atoms. The van der Waals surface area contributed by atoms with Gasteiger partial charge in [0, 0.05) is 24.7 Å². The van der Waals surface area contributed by atoms with E-state index in [0.717, 1.165) is 13.0 Å². The molecule has 96 valence electrons. The highest BCUT2D eigenvalue weighted by molar-refractivity contribution is 5.32. The number of benzene rings is 1. The first-order valence-corrected chi connectivity index (χ1v) is 6.26. The molecule has 1 aromatic carbocycles. The molecule has 2 N–H and O–H groups in total. The summed E-state index contributed by atoms with van der Waals surface area (Å²) in [7, 11) is 0. The van der Waals surface area contributed by atoms with Crippen LogP contribution in [0.2, 0.25) is 0 Å². The first kappa shape index (κ1) is 13.0. The van der Waals surface area contributed by atoms with Crippen LogP contribution in [-0.2, 0) is 6.54 Å². The van der Waals surface area contributed by atoms with Gasteiger partial charge in [0.25, 0.3) is 0 Å². The molecule has 0 spiro atoms. The Kier molecular flexibility index (Phi) is 3.95. The topological polar surface area (TPSA) is 53.0 Å². The van der Waals surface area contributed by atoms with E-state index < -0.39 is 0 Å². The van der Waals surface area contributed by atoms with Gasteiger partial charge in [-0.25, -0.2) is 4.39 Å². The Morgan fingerprint density at radius 1 is 1.56 bits per heavy atom. The lowest BCUT2D eigenvalue weighted by Gasteiger charge is -2.21. The number of halogens is 1. The van der Waals surface area contributed by atoms with Crippen molar-refractivity contribution in [1.82, 2.24) is 4.90 Å². The van der Waals surface area contributed by atoms with E-state index in [4.69, 9.17) is 11.0 Å². The van der Waals surface area contributed by atoms with Gasteiger partial charge in [-0.05, 0) is 37.9 Å². The van der Waals surface area contributed by atoms with Crippen molar-refractivity contribution in [1.29, 1.82) is 5.26 Å². The van der Waals surface area contributed by atoms with Crippen molar-refractivity contribution in [3.05, 3.63) is 35.1 Å². The highest BCUT2D eigenvalue weighted by atomic mass is 19.1. The fraction of sp³-hybridized carbons (Fsp3) is 0.500. The predicted octanol–water partition coefficient (Wildman–Crippen LogP) is 1.87. The Labute approximate surface area is 107 Å². The van der Waals surface area contributed by atoms with Gasteiger partial charge in [0.15, 0.2) is 0 Å². The van der Waals surface area contributed by atoms with Gasteiger partial charge in [-0.2, -0.15) is 5.26 Å². The van der Waals surface area contributed by atoms with Crippen molar-refractivity contribution in [3.63, 3.8) is 0 Å². The lowest BCUT2D eigenvalue weighted by molar-refractivity contribution is 0.252. The summed E-state index contributed by atoms with van der Waals surface area (Å²) >= 11 is 0. The van der Waals surface area contributed by atoms with Crippen LogP contribution in [0.5, 0.6) is 0 Å². The van der Waals surface area contributed by atoms with Crippen molar-refractivity contribution in [3.8, 4) is 6.07 Å². The third-order valence-corrected chi connectivity index (χ3v) is 3.68. The Morgan fingerprint density at radius 2 is 2.33 bits per heavy atom. The lowest BCUT2D eigenvalue weighted by atomic mass is 10.1. The fourth-order valence-electron chi connectivity index (χ4n) is 2.57. The maximum absolute atomic E-state index is 13.8. The maximum atomic E-state index is 13.8. The summed E-state index contributed by atoms with van der Waals surface area (Å²) in [4.78, 5) is 2.25. The zero-order valence-corrected chi connectivity index (χ0v) is 10.6. The van der Waals surface area contributed by atoms with Gasteiger partial charge in [0.1, 0.15) is 5.82 Å². The summed E-state index contributed by atoms with van der Waals surface area (Å²) < 4.78 is 13.8. The molecule has 2 atom stereocenters. The molecule has 0 radical (unpaired) electrons. The molecule has 2 unspecified atom stereocenters. The van der Waals surface area contributed by atoms with Gasteiger partial charge >= 0.3 is 0 Å². The molecule has 2 rings (SSSR count).